The lowest BCUT2D eigenvalue weighted by Gasteiger charge is -2.30. The molecule has 1 aromatic heterocycles. The molecule has 31 heavy (non-hydrogen) atoms. The van der Waals surface area contributed by atoms with Crippen LogP contribution < -0.4 is 0 Å². The molecule has 0 radical (unpaired) electrons. The second-order valence-corrected chi connectivity index (χ2v) is 8.80. The summed E-state index contributed by atoms with van der Waals surface area (Å²) in [6, 6.07) is 15.1. The summed E-state index contributed by atoms with van der Waals surface area (Å²) in [5.41, 5.74) is 2.69. The lowest BCUT2D eigenvalue weighted by molar-refractivity contribution is 0.0769. The maximum absolute atomic E-state index is 12.8. The predicted molar refractivity (Wildman–Crippen MR) is 121 cm³/mol. The van der Waals surface area contributed by atoms with E-state index in [1.165, 1.54) is 18.4 Å². The minimum atomic E-state index is -0.0793. The van der Waals surface area contributed by atoms with Gasteiger partial charge in [-0.15, -0.1) is 0 Å². The Morgan fingerprint density at radius 2 is 1.94 bits per heavy atom. The van der Waals surface area contributed by atoms with Gasteiger partial charge in [0.25, 0.3) is 5.91 Å². The minimum absolute atomic E-state index is 0.0793. The molecule has 0 spiro atoms. The Hall–Kier alpha value is -2.70. The Labute approximate surface area is 187 Å². The zero-order valence-electron chi connectivity index (χ0n) is 17.9. The maximum atomic E-state index is 12.8. The summed E-state index contributed by atoms with van der Waals surface area (Å²) < 4.78 is 5.32. The second-order valence-electron chi connectivity index (χ2n) is 8.36. The molecule has 7 heteroatoms. The van der Waals surface area contributed by atoms with Crippen LogP contribution in [0.4, 0.5) is 0 Å². The number of piperidine rings is 1. The molecule has 0 bridgehead atoms. The average Bonchev–Trinajstić information content (AvgIpc) is 3.23. The van der Waals surface area contributed by atoms with Crippen LogP contribution in [0.2, 0.25) is 5.02 Å². The summed E-state index contributed by atoms with van der Waals surface area (Å²) >= 11 is 5.92. The number of aromatic nitrogens is 2. The van der Waals surface area contributed by atoms with Crippen molar-refractivity contribution >= 4 is 17.5 Å². The first-order chi connectivity index (χ1) is 15.0. The summed E-state index contributed by atoms with van der Waals surface area (Å²) in [7, 11) is 1.73. The van der Waals surface area contributed by atoms with Crippen LogP contribution in [0, 0.1) is 5.92 Å². The SMILES string of the molecule is C[C@@H]1CCCN(Cc2ccc(C(=O)N(C)Cc3nc(-c4ccc(Cl)cc4)no3)cc2)C1. The molecule has 2 aromatic carbocycles. The van der Waals surface area contributed by atoms with Crippen LogP contribution in [0.25, 0.3) is 11.4 Å². The number of amides is 1. The van der Waals surface area contributed by atoms with E-state index in [0.717, 1.165) is 31.1 Å². The van der Waals surface area contributed by atoms with Crippen LogP contribution in [0.5, 0.6) is 0 Å². The fraction of sp³-hybridized carbons (Fsp3) is 0.375. The highest BCUT2D eigenvalue weighted by Crippen LogP contribution is 2.20. The summed E-state index contributed by atoms with van der Waals surface area (Å²) in [6.07, 6.45) is 2.58. The van der Waals surface area contributed by atoms with Crippen molar-refractivity contribution < 1.29 is 9.32 Å². The third-order valence-electron chi connectivity index (χ3n) is 5.64. The van der Waals surface area contributed by atoms with Crippen LogP contribution in [-0.4, -0.2) is 46.0 Å². The first kappa shape index (κ1) is 21.5. The Morgan fingerprint density at radius 3 is 2.65 bits per heavy atom. The molecule has 1 amide bonds. The summed E-state index contributed by atoms with van der Waals surface area (Å²) in [5.74, 6) is 1.54. The van der Waals surface area contributed by atoms with Crippen molar-refractivity contribution in [3.05, 3.63) is 70.6 Å². The van der Waals surface area contributed by atoms with E-state index in [1.54, 1.807) is 24.1 Å². The molecule has 2 heterocycles. The van der Waals surface area contributed by atoms with Crippen LogP contribution >= 0.6 is 11.6 Å². The zero-order valence-corrected chi connectivity index (χ0v) is 18.7. The number of carbonyl (C=O) groups excluding carboxylic acids is 1. The Balaban J connectivity index is 1.35. The van der Waals surface area contributed by atoms with Gasteiger partial charge in [-0.1, -0.05) is 35.8 Å². The fourth-order valence-corrected chi connectivity index (χ4v) is 4.10. The molecule has 4 rings (SSSR count). The van der Waals surface area contributed by atoms with Crippen LogP contribution in [0.1, 0.15) is 41.6 Å². The van der Waals surface area contributed by atoms with E-state index in [2.05, 4.69) is 22.0 Å². The van der Waals surface area contributed by atoms with E-state index in [1.807, 2.05) is 36.4 Å². The first-order valence-corrected chi connectivity index (χ1v) is 11.0. The highest BCUT2D eigenvalue weighted by atomic mass is 35.5. The van der Waals surface area contributed by atoms with Crippen molar-refractivity contribution in [2.45, 2.75) is 32.9 Å². The van der Waals surface area contributed by atoms with Gasteiger partial charge in [0, 0.05) is 36.3 Å². The summed E-state index contributed by atoms with van der Waals surface area (Å²) in [4.78, 5) is 21.3. The summed E-state index contributed by atoms with van der Waals surface area (Å²) in [6.45, 7) is 5.78. The normalized spacial score (nSPS) is 16.9. The van der Waals surface area contributed by atoms with Gasteiger partial charge in [-0.25, -0.2) is 0 Å². The average molecular weight is 439 g/mol. The quantitative estimate of drug-likeness (QED) is 0.548. The summed E-state index contributed by atoms with van der Waals surface area (Å²) in [5, 5.41) is 4.65. The minimum Gasteiger partial charge on any atom is -0.337 e. The van der Waals surface area contributed by atoms with Gasteiger partial charge >= 0.3 is 0 Å². The van der Waals surface area contributed by atoms with Crippen molar-refractivity contribution in [1.29, 1.82) is 0 Å². The molecule has 1 aliphatic rings. The van der Waals surface area contributed by atoms with Crippen molar-refractivity contribution in [3.8, 4) is 11.4 Å². The lowest BCUT2D eigenvalue weighted by Crippen LogP contribution is -2.33. The van der Waals surface area contributed by atoms with E-state index >= 15 is 0 Å². The molecule has 162 valence electrons. The molecule has 0 unspecified atom stereocenters. The second kappa shape index (κ2) is 9.62. The van der Waals surface area contributed by atoms with Crippen molar-refractivity contribution in [2.75, 3.05) is 20.1 Å². The van der Waals surface area contributed by atoms with Crippen molar-refractivity contribution in [2.24, 2.45) is 5.92 Å². The van der Waals surface area contributed by atoms with Gasteiger partial charge < -0.3 is 9.42 Å². The van der Waals surface area contributed by atoms with Crippen LogP contribution in [0.15, 0.2) is 53.1 Å². The molecule has 1 saturated heterocycles. The van der Waals surface area contributed by atoms with Crippen LogP contribution in [-0.2, 0) is 13.1 Å². The van der Waals surface area contributed by atoms with E-state index in [0.29, 0.717) is 22.3 Å². The van der Waals surface area contributed by atoms with Gasteiger partial charge in [0.15, 0.2) is 0 Å². The van der Waals surface area contributed by atoms with Gasteiger partial charge in [-0.2, -0.15) is 4.98 Å². The number of nitrogens with zero attached hydrogens (tertiary/aromatic N) is 4. The number of rotatable bonds is 6. The van der Waals surface area contributed by atoms with E-state index in [4.69, 9.17) is 16.1 Å². The number of halogens is 1. The smallest absolute Gasteiger partial charge is 0.254 e. The molecule has 1 fully saturated rings. The van der Waals surface area contributed by atoms with Gasteiger partial charge in [0.1, 0.15) is 0 Å². The highest BCUT2D eigenvalue weighted by Gasteiger charge is 2.18. The Bertz CT molecular complexity index is 1020. The molecular formula is C24H27ClN4O2. The Kier molecular flexibility index (Phi) is 6.68. The number of hydrogen-bond donors (Lipinski definition) is 0. The molecule has 1 aliphatic heterocycles. The van der Waals surface area contributed by atoms with Crippen molar-refractivity contribution in [3.63, 3.8) is 0 Å². The zero-order chi connectivity index (χ0) is 21.8. The first-order valence-electron chi connectivity index (χ1n) is 10.6. The van der Waals surface area contributed by atoms with Gasteiger partial charge in [0.05, 0.1) is 6.54 Å². The van der Waals surface area contributed by atoms with E-state index < -0.39 is 0 Å². The van der Waals surface area contributed by atoms with Crippen LogP contribution in [0.3, 0.4) is 0 Å². The topological polar surface area (TPSA) is 62.5 Å². The van der Waals surface area contributed by atoms with E-state index in [9.17, 15) is 4.79 Å². The molecule has 3 aromatic rings. The molecule has 6 nitrogen and oxygen atoms in total. The largest absolute Gasteiger partial charge is 0.337 e. The number of carbonyl (C=O) groups is 1. The Morgan fingerprint density at radius 1 is 1.19 bits per heavy atom. The molecule has 1 atom stereocenters. The molecule has 0 N–H and O–H groups in total. The standard InChI is InChI=1S/C24H27ClN4O2/c1-17-4-3-13-29(14-17)15-18-5-7-20(8-6-18)24(30)28(2)16-22-26-23(27-31-22)19-9-11-21(25)12-10-19/h5-12,17H,3-4,13-16H2,1-2H3/t17-/m1/s1. The number of likely N-dealkylation sites (tertiary alicyclic amines) is 1. The molecule has 0 saturated carbocycles. The lowest BCUT2D eigenvalue weighted by atomic mass is 9.99. The number of hydrogen-bond acceptors (Lipinski definition) is 5. The van der Waals surface area contributed by atoms with E-state index in [-0.39, 0.29) is 12.5 Å². The fourth-order valence-electron chi connectivity index (χ4n) is 3.97. The number of benzene rings is 2. The van der Waals surface area contributed by atoms with Crippen molar-refractivity contribution in [1.82, 2.24) is 19.9 Å². The molecule has 0 aliphatic carbocycles. The molecular weight excluding hydrogens is 412 g/mol. The predicted octanol–water partition coefficient (Wildman–Crippen LogP) is 4.89. The third-order valence-corrected chi connectivity index (χ3v) is 5.89. The van der Waals surface area contributed by atoms with Gasteiger partial charge in [-0.05, 0) is 67.3 Å². The monoisotopic (exact) mass is 438 g/mol. The third kappa shape index (κ3) is 5.51. The van der Waals surface area contributed by atoms with Gasteiger partial charge in [-0.3, -0.25) is 9.69 Å². The highest BCUT2D eigenvalue weighted by molar-refractivity contribution is 6.30. The maximum Gasteiger partial charge on any atom is 0.254 e. The van der Waals surface area contributed by atoms with Gasteiger partial charge in [0.2, 0.25) is 11.7 Å².